The first-order chi connectivity index (χ1) is 12.5. The molecule has 1 aromatic heterocycles. The van der Waals surface area contributed by atoms with E-state index in [1.165, 1.54) is 18.4 Å². The van der Waals surface area contributed by atoms with Crippen LogP contribution in [0.2, 0.25) is 0 Å². The largest absolute Gasteiger partial charge is 0.363 e. The molecule has 1 aliphatic rings. The Kier molecular flexibility index (Phi) is 5.56. The molecule has 26 heavy (non-hydrogen) atoms. The number of anilines is 1. The quantitative estimate of drug-likeness (QED) is 0.632. The standard InChI is InChI=1S/C19H27N5O2/c1-14-9-11-23(12-10-14)17(16-7-5-4-6-8-16)13-20-19-18(24(25)26)15(2)21-22(19)3/h4-8,14,17,20H,9-13H2,1-3H3. The molecule has 1 aromatic carbocycles. The van der Waals surface area contributed by atoms with Crippen molar-refractivity contribution in [2.75, 3.05) is 25.0 Å². The summed E-state index contributed by atoms with van der Waals surface area (Å²) in [7, 11) is 1.74. The minimum atomic E-state index is -0.356. The highest BCUT2D eigenvalue weighted by Gasteiger charge is 2.28. The minimum absolute atomic E-state index is 0.0616. The highest BCUT2D eigenvalue weighted by atomic mass is 16.6. The van der Waals surface area contributed by atoms with Crippen LogP contribution in [-0.2, 0) is 7.05 Å². The zero-order valence-electron chi connectivity index (χ0n) is 15.7. The van der Waals surface area contributed by atoms with Crippen LogP contribution in [0, 0.1) is 23.0 Å². The van der Waals surface area contributed by atoms with Crippen molar-refractivity contribution in [1.29, 1.82) is 0 Å². The van der Waals surface area contributed by atoms with Crippen LogP contribution in [0.25, 0.3) is 0 Å². The van der Waals surface area contributed by atoms with Crippen molar-refractivity contribution < 1.29 is 4.92 Å². The highest BCUT2D eigenvalue weighted by molar-refractivity contribution is 5.59. The van der Waals surface area contributed by atoms with E-state index < -0.39 is 0 Å². The third-order valence-corrected chi connectivity index (χ3v) is 5.28. The Bertz CT molecular complexity index is 751. The van der Waals surface area contributed by atoms with Gasteiger partial charge in [-0.3, -0.25) is 15.0 Å². The fourth-order valence-corrected chi connectivity index (χ4v) is 3.73. The van der Waals surface area contributed by atoms with Crippen molar-refractivity contribution in [3.8, 4) is 0 Å². The molecule has 0 bridgehead atoms. The molecular formula is C19H27N5O2. The Balaban J connectivity index is 1.82. The normalized spacial score (nSPS) is 17.2. The molecule has 0 saturated carbocycles. The summed E-state index contributed by atoms with van der Waals surface area (Å²) in [6, 6.07) is 10.6. The van der Waals surface area contributed by atoms with Crippen LogP contribution in [0.3, 0.4) is 0 Å². The molecule has 1 saturated heterocycles. The molecule has 0 radical (unpaired) electrons. The molecule has 0 amide bonds. The maximum atomic E-state index is 11.4. The predicted octanol–water partition coefficient (Wildman–Crippen LogP) is 3.52. The van der Waals surface area contributed by atoms with Gasteiger partial charge in [-0.15, -0.1) is 0 Å². The van der Waals surface area contributed by atoms with Gasteiger partial charge >= 0.3 is 5.69 Å². The van der Waals surface area contributed by atoms with Gasteiger partial charge in [0.25, 0.3) is 0 Å². The van der Waals surface area contributed by atoms with E-state index in [1.807, 2.05) is 18.2 Å². The molecule has 2 heterocycles. The number of benzene rings is 1. The number of hydrogen-bond donors (Lipinski definition) is 1. The van der Waals surface area contributed by atoms with Gasteiger partial charge in [0.1, 0.15) is 5.69 Å². The monoisotopic (exact) mass is 357 g/mol. The molecule has 0 aliphatic carbocycles. The van der Waals surface area contributed by atoms with Crippen molar-refractivity contribution in [3.63, 3.8) is 0 Å². The summed E-state index contributed by atoms with van der Waals surface area (Å²) < 4.78 is 1.56. The van der Waals surface area contributed by atoms with Crippen LogP contribution in [0.15, 0.2) is 30.3 Å². The van der Waals surface area contributed by atoms with Crippen LogP contribution >= 0.6 is 0 Å². The summed E-state index contributed by atoms with van der Waals surface area (Å²) in [5.74, 6) is 1.23. The first-order valence-electron chi connectivity index (χ1n) is 9.18. The predicted molar refractivity (Wildman–Crippen MR) is 102 cm³/mol. The molecule has 0 spiro atoms. The van der Waals surface area contributed by atoms with Gasteiger partial charge in [0.15, 0.2) is 0 Å². The number of piperidine rings is 1. The molecule has 1 N–H and O–H groups in total. The fraction of sp³-hybridized carbons (Fsp3) is 0.526. The van der Waals surface area contributed by atoms with Crippen LogP contribution in [0.1, 0.15) is 37.1 Å². The maximum Gasteiger partial charge on any atom is 0.333 e. The van der Waals surface area contributed by atoms with Gasteiger partial charge in [-0.2, -0.15) is 5.10 Å². The van der Waals surface area contributed by atoms with Gasteiger partial charge in [0.2, 0.25) is 5.82 Å². The summed E-state index contributed by atoms with van der Waals surface area (Å²) in [5, 5.41) is 18.9. The van der Waals surface area contributed by atoms with Crippen molar-refractivity contribution in [1.82, 2.24) is 14.7 Å². The van der Waals surface area contributed by atoms with Gasteiger partial charge in [0.05, 0.1) is 11.0 Å². The Morgan fingerprint density at radius 1 is 1.31 bits per heavy atom. The molecule has 1 unspecified atom stereocenters. The maximum absolute atomic E-state index is 11.4. The first-order valence-corrected chi connectivity index (χ1v) is 9.18. The van der Waals surface area contributed by atoms with E-state index >= 15 is 0 Å². The molecule has 7 nitrogen and oxygen atoms in total. The summed E-state index contributed by atoms with van der Waals surface area (Å²) in [6.07, 6.45) is 2.38. The van der Waals surface area contributed by atoms with E-state index in [4.69, 9.17) is 0 Å². The zero-order chi connectivity index (χ0) is 18.7. The van der Waals surface area contributed by atoms with E-state index in [9.17, 15) is 10.1 Å². The average molecular weight is 357 g/mol. The van der Waals surface area contributed by atoms with Gasteiger partial charge in [-0.05, 0) is 44.3 Å². The Morgan fingerprint density at radius 2 is 1.96 bits per heavy atom. The van der Waals surface area contributed by atoms with E-state index in [0.717, 1.165) is 19.0 Å². The highest BCUT2D eigenvalue weighted by Crippen LogP contribution is 2.30. The van der Waals surface area contributed by atoms with Gasteiger partial charge in [-0.25, -0.2) is 4.68 Å². The number of nitrogens with one attached hydrogen (secondary N) is 1. The Hall–Kier alpha value is -2.41. The molecule has 140 valence electrons. The lowest BCUT2D eigenvalue weighted by molar-refractivity contribution is -0.384. The summed E-state index contributed by atoms with van der Waals surface area (Å²) in [4.78, 5) is 13.5. The van der Waals surface area contributed by atoms with Gasteiger partial charge < -0.3 is 5.32 Å². The van der Waals surface area contributed by atoms with Crippen LogP contribution in [0.4, 0.5) is 11.5 Å². The smallest absolute Gasteiger partial charge is 0.333 e. The van der Waals surface area contributed by atoms with Crippen LogP contribution in [0.5, 0.6) is 0 Å². The van der Waals surface area contributed by atoms with Gasteiger partial charge in [-0.1, -0.05) is 37.3 Å². The van der Waals surface area contributed by atoms with E-state index in [2.05, 4.69) is 34.4 Å². The zero-order valence-corrected chi connectivity index (χ0v) is 15.7. The SMILES string of the molecule is Cc1nn(C)c(NCC(c2ccccc2)N2CCC(C)CC2)c1[N+](=O)[O-]. The molecule has 1 aliphatic heterocycles. The molecule has 1 fully saturated rings. The second-order valence-corrected chi connectivity index (χ2v) is 7.19. The van der Waals surface area contributed by atoms with Crippen LogP contribution in [-0.4, -0.2) is 39.2 Å². The second-order valence-electron chi connectivity index (χ2n) is 7.19. The van der Waals surface area contributed by atoms with Crippen molar-refractivity contribution >= 4 is 11.5 Å². The van der Waals surface area contributed by atoms with Crippen LogP contribution < -0.4 is 5.32 Å². The lowest BCUT2D eigenvalue weighted by Gasteiger charge is -2.37. The summed E-state index contributed by atoms with van der Waals surface area (Å²) in [6.45, 7) is 6.68. The Morgan fingerprint density at radius 3 is 2.58 bits per heavy atom. The number of nitro groups is 1. The molecule has 7 heteroatoms. The number of rotatable bonds is 6. The van der Waals surface area contributed by atoms with Crippen molar-refractivity contribution in [2.45, 2.75) is 32.7 Å². The first kappa shape index (κ1) is 18.4. The van der Waals surface area contributed by atoms with Gasteiger partial charge in [0, 0.05) is 13.6 Å². The topological polar surface area (TPSA) is 76.2 Å². The number of aromatic nitrogens is 2. The third-order valence-electron chi connectivity index (χ3n) is 5.28. The number of likely N-dealkylation sites (tertiary alicyclic amines) is 1. The minimum Gasteiger partial charge on any atom is -0.363 e. The van der Waals surface area contributed by atoms with E-state index in [0.29, 0.717) is 18.1 Å². The number of hydrogen-bond acceptors (Lipinski definition) is 5. The number of aryl methyl sites for hydroxylation is 2. The van der Waals surface area contributed by atoms with Crippen molar-refractivity contribution in [3.05, 3.63) is 51.7 Å². The van der Waals surface area contributed by atoms with E-state index in [-0.39, 0.29) is 16.7 Å². The lowest BCUT2D eigenvalue weighted by Crippen LogP contribution is -2.39. The average Bonchev–Trinajstić information content (AvgIpc) is 2.91. The molecule has 2 aromatic rings. The Labute approximate surface area is 154 Å². The van der Waals surface area contributed by atoms with E-state index in [1.54, 1.807) is 18.7 Å². The lowest BCUT2D eigenvalue weighted by atomic mass is 9.95. The second kappa shape index (κ2) is 7.86. The van der Waals surface area contributed by atoms with Crippen molar-refractivity contribution in [2.24, 2.45) is 13.0 Å². The fourth-order valence-electron chi connectivity index (χ4n) is 3.73. The third kappa shape index (κ3) is 3.88. The molecule has 1 atom stereocenters. The summed E-state index contributed by atoms with van der Waals surface area (Å²) >= 11 is 0. The molecular weight excluding hydrogens is 330 g/mol. The number of nitrogens with zero attached hydrogens (tertiary/aromatic N) is 4. The summed E-state index contributed by atoms with van der Waals surface area (Å²) in [5.41, 5.74) is 1.73. The molecule has 3 rings (SSSR count).